The summed E-state index contributed by atoms with van der Waals surface area (Å²) in [6.45, 7) is 0. The predicted octanol–water partition coefficient (Wildman–Crippen LogP) is 6.02. The molecule has 2 N–H and O–H groups in total. The molecule has 0 saturated carbocycles. The third-order valence-electron chi connectivity index (χ3n) is 3.82. The van der Waals surface area contributed by atoms with Gasteiger partial charge in [0, 0.05) is 0 Å². The summed E-state index contributed by atoms with van der Waals surface area (Å²) in [5.41, 5.74) is 3.44. The van der Waals surface area contributed by atoms with E-state index in [1.807, 2.05) is 0 Å². The molecule has 0 fully saturated rings. The number of hydrogen-bond acceptors (Lipinski definition) is 1. The van der Waals surface area contributed by atoms with Crippen molar-refractivity contribution in [2.24, 2.45) is 5.73 Å². The molecule has 0 aliphatic rings. The Hall–Kier alpha value is -1.64. The first-order valence-electron chi connectivity index (χ1n) is 6.96. The van der Waals surface area contributed by atoms with Crippen LogP contribution < -0.4 is 5.73 Å². The lowest BCUT2D eigenvalue weighted by molar-refractivity contribution is -0.464. The Kier molecular flexibility index (Phi) is 7.31. The Bertz CT molecular complexity index is 797. The van der Waals surface area contributed by atoms with Crippen LogP contribution in [0.3, 0.4) is 0 Å². The molecule has 0 aromatic rings. The van der Waals surface area contributed by atoms with E-state index >= 15 is 0 Å². The van der Waals surface area contributed by atoms with E-state index in [0.717, 1.165) is 0 Å². The highest BCUT2D eigenvalue weighted by molar-refractivity contribution is 6.22. The lowest BCUT2D eigenvalue weighted by Gasteiger charge is -2.44. The minimum Gasteiger partial charge on any atom is -0.364 e. The molecule has 0 rings (SSSR count). The normalized spacial score (nSPS) is 16.6. The van der Waals surface area contributed by atoms with Crippen LogP contribution in [-0.4, -0.2) is 64.6 Å². The van der Waals surface area contributed by atoms with Crippen LogP contribution >= 0.6 is 11.6 Å². The second-order valence-electron chi connectivity index (χ2n) is 6.03. The monoisotopic (exact) mass is 579 g/mol. The van der Waals surface area contributed by atoms with Crippen LogP contribution in [0.5, 0.6) is 0 Å². The molecule has 0 unspecified atom stereocenters. The maximum absolute atomic E-state index is 13.4. The van der Waals surface area contributed by atoms with Gasteiger partial charge in [0.05, 0.1) is 0 Å². The minimum absolute atomic E-state index is 3.26. The average molecular weight is 580 g/mol. The van der Waals surface area contributed by atoms with Gasteiger partial charge >= 0.3 is 58.7 Å². The van der Waals surface area contributed by atoms with E-state index in [9.17, 15) is 92.6 Å². The fourth-order valence-corrected chi connectivity index (χ4v) is 1.83. The van der Waals surface area contributed by atoms with Crippen LogP contribution in [0.2, 0.25) is 0 Å². The summed E-state index contributed by atoms with van der Waals surface area (Å²) >= 11 is 3.26. The van der Waals surface area contributed by atoms with E-state index in [0.29, 0.717) is 0 Å². The van der Waals surface area contributed by atoms with Crippen molar-refractivity contribution in [3.8, 4) is 0 Å². The van der Waals surface area contributed by atoms with Crippen LogP contribution in [0.4, 0.5) is 87.8 Å². The molecule has 0 heterocycles. The third-order valence-corrected chi connectivity index (χ3v) is 4.06. The van der Waals surface area contributed by atoms with Gasteiger partial charge < -0.3 is 5.73 Å². The van der Waals surface area contributed by atoms with E-state index in [1.54, 1.807) is 0 Å². The minimum atomic E-state index is -9.16. The van der Waals surface area contributed by atoms with Crippen molar-refractivity contribution in [1.29, 1.82) is 0 Å². The molecule has 1 amide bonds. The van der Waals surface area contributed by atoms with Crippen molar-refractivity contribution in [1.82, 2.24) is 0 Å². The molecular weight excluding hydrogens is 578 g/mol. The quantitative estimate of drug-likeness (QED) is 0.250. The number of primary amides is 1. The van der Waals surface area contributed by atoms with Gasteiger partial charge in [-0.3, -0.25) is 4.79 Å². The number of rotatable bonds is 10. The molecule has 0 aromatic carbocycles. The van der Waals surface area contributed by atoms with Crippen molar-refractivity contribution < 1.29 is 92.6 Å². The summed E-state index contributed by atoms with van der Waals surface area (Å²) in [7, 11) is 0. The molecule has 204 valence electrons. The lowest BCUT2D eigenvalue weighted by atomic mass is 9.86. The van der Waals surface area contributed by atoms with Crippen molar-refractivity contribution in [3.63, 3.8) is 0 Å². The Balaban J connectivity index is 7.11. The molecule has 2 nitrogen and oxygen atoms in total. The molecule has 0 aliphatic heterocycles. The molecular formula is C11H2ClF20NO. The SMILES string of the molecule is NC(=O)C(F)(F)C(F)(F)C(F)(F)C(F)(F)C(F)(F)C(F)(F)C(F)(F)C(F)(F)C(F)(F)C(F)(F)Cl. The largest absolute Gasteiger partial charge is 0.393 e. The van der Waals surface area contributed by atoms with E-state index in [1.165, 1.54) is 0 Å². The first kappa shape index (κ1) is 32.4. The van der Waals surface area contributed by atoms with E-state index in [2.05, 4.69) is 17.3 Å². The second kappa shape index (κ2) is 7.68. The number of nitrogens with two attached hydrogens (primary N) is 1. The fourth-order valence-electron chi connectivity index (χ4n) is 1.71. The number of hydrogen-bond donors (Lipinski definition) is 1. The number of halogens is 21. The van der Waals surface area contributed by atoms with Gasteiger partial charge in [-0.1, -0.05) is 0 Å². The third kappa shape index (κ3) is 3.59. The molecule has 34 heavy (non-hydrogen) atoms. The van der Waals surface area contributed by atoms with Crippen LogP contribution in [0.15, 0.2) is 0 Å². The fraction of sp³-hybridized carbons (Fsp3) is 0.909. The molecule has 23 heteroatoms. The van der Waals surface area contributed by atoms with E-state index in [-0.39, 0.29) is 0 Å². The Morgan fingerprint density at radius 1 is 0.412 bits per heavy atom. The van der Waals surface area contributed by atoms with Gasteiger partial charge in [0.15, 0.2) is 0 Å². The van der Waals surface area contributed by atoms with E-state index in [4.69, 9.17) is 0 Å². The lowest BCUT2D eigenvalue weighted by Crippen LogP contribution is -2.77. The molecule has 0 aromatic heterocycles. The van der Waals surface area contributed by atoms with Crippen molar-refractivity contribution in [2.45, 2.75) is 58.7 Å². The zero-order chi connectivity index (χ0) is 28.6. The zero-order valence-electron chi connectivity index (χ0n) is 14.4. The van der Waals surface area contributed by atoms with Crippen LogP contribution in [-0.2, 0) is 4.79 Å². The predicted molar refractivity (Wildman–Crippen MR) is 64.5 cm³/mol. The standard InChI is InChI=1S/C11H2ClF20NO/c12-11(31,32)10(29,30)9(27,28)8(25,26)7(23,24)6(21,22)5(19,20)4(17,18)3(15,16)2(13,14)1(33)34/h(H2,33,34). The van der Waals surface area contributed by atoms with Crippen LogP contribution in [0, 0.1) is 0 Å². The summed E-state index contributed by atoms with van der Waals surface area (Å²) in [5.74, 6) is -81.5. The zero-order valence-corrected chi connectivity index (χ0v) is 15.2. The second-order valence-corrected chi connectivity index (χ2v) is 6.51. The molecule has 0 bridgehead atoms. The number of carbonyl (C=O) groups is 1. The topological polar surface area (TPSA) is 43.1 Å². The van der Waals surface area contributed by atoms with Gasteiger partial charge in [-0.25, -0.2) is 0 Å². The van der Waals surface area contributed by atoms with E-state index < -0.39 is 64.6 Å². The molecule has 0 aliphatic carbocycles. The average Bonchev–Trinajstić information content (AvgIpc) is 2.58. The summed E-state index contributed by atoms with van der Waals surface area (Å²) in [6.07, 6.45) is 0. The highest BCUT2D eigenvalue weighted by Crippen LogP contribution is 2.66. The van der Waals surface area contributed by atoms with Gasteiger partial charge in [-0.15, -0.1) is 0 Å². The molecule has 0 spiro atoms. The Labute approximate surface area is 176 Å². The smallest absolute Gasteiger partial charge is 0.364 e. The van der Waals surface area contributed by atoms with Crippen molar-refractivity contribution >= 4 is 17.5 Å². The maximum Gasteiger partial charge on any atom is 0.393 e. The number of alkyl halides is 21. The molecule has 0 radical (unpaired) electrons. The maximum atomic E-state index is 13.4. The van der Waals surface area contributed by atoms with Crippen molar-refractivity contribution in [3.05, 3.63) is 0 Å². The first-order chi connectivity index (χ1) is 14.2. The van der Waals surface area contributed by atoms with Gasteiger partial charge in [0.2, 0.25) is 0 Å². The first-order valence-corrected chi connectivity index (χ1v) is 7.34. The summed E-state index contributed by atoms with van der Waals surface area (Å²) in [4.78, 5) is 10.1. The number of amides is 1. The van der Waals surface area contributed by atoms with Crippen LogP contribution in [0.25, 0.3) is 0 Å². The van der Waals surface area contributed by atoms with Gasteiger partial charge in [0.1, 0.15) is 0 Å². The Morgan fingerprint density at radius 3 is 0.765 bits per heavy atom. The number of carbonyl (C=O) groups excluding carboxylic acids is 1. The highest BCUT2D eigenvalue weighted by Gasteiger charge is 2.97. The van der Waals surface area contributed by atoms with Crippen LogP contribution in [0.1, 0.15) is 0 Å². The summed E-state index contributed by atoms with van der Waals surface area (Å²) in [5, 5.41) is -7.06. The molecule has 0 saturated heterocycles. The van der Waals surface area contributed by atoms with Gasteiger partial charge in [-0.05, 0) is 11.6 Å². The van der Waals surface area contributed by atoms with Gasteiger partial charge in [0.25, 0.3) is 5.91 Å². The van der Waals surface area contributed by atoms with Gasteiger partial charge in [-0.2, -0.15) is 87.8 Å². The van der Waals surface area contributed by atoms with Crippen molar-refractivity contribution in [2.75, 3.05) is 0 Å². The summed E-state index contributed by atoms with van der Waals surface area (Å²) in [6, 6.07) is 0. The highest BCUT2D eigenvalue weighted by atomic mass is 35.5. The summed E-state index contributed by atoms with van der Waals surface area (Å²) < 4.78 is 261. The molecule has 0 atom stereocenters. The Morgan fingerprint density at radius 2 is 0.588 bits per heavy atom.